The average Bonchev–Trinajstić information content (AvgIpc) is 3.43. The van der Waals surface area contributed by atoms with Gasteiger partial charge in [-0.1, -0.05) is 0 Å². The summed E-state index contributed by atoms with van der Waals surface area (Å²) in [6.45, 7) is 3.56. The topological polar surface area (TPSA) is 66.8 Å². The summed E-state index contributed by atoms with van der Waals surface area (Å²) in [5, 5.41) is 0. The molecule has 6 heteroatoms. The van der Waals surface area contributed by atoms with Crippen LogP contribution in [0.4, 0.5) is 0 Å². The van der Waals surface area contributed by atoms with Crippen LogP contribution < -0.4 is 9.47 Å². The van der Waals surface area contributed by atoms with Gasteiger partial charge in [-0.25, -0.2) is 4.79 Å². The van der Waals surface area contributed by atoms with Crippen LogP contribution in [-0.2, 0) is 4.74 Å². The van der Waals surface area contributed by atoms with Crippen LogP contribution >= 0.6 is 0 Å². The fourth-order valence-electron chi connectivity index (χ4n) is 3.19. The van der Waals surface area contributed by atoms with Crippen LogP contribution in [0.15, 0.2) is 24.3 Å². The summed E-state index contributed by atoms with van der Waals surface area (Å²) >= 11 is 0. The van der Waals surface area contributed by atoms with Gasteiger partial charge in [0.25, 0.3) is 0 Å². The Morgan fingerprint density at radius 3 is 2.42 bits per heavy atom. The molecule has 1 aliphatic rings. The van der Waals surface area contributed by atoms with Crippen molar-refractivity contribution >= 4 is 11.8 Å². The maximum Gasteiger partial charge on any atom is 0.340 e. The number of nitrogens with zero attached hydrogens (tertiary/aromatic N) is 1. The van der Waals surface area contributed by atoms with E-state index in [1.165, 1.54) is 14.2 Å². The minimum absolute atomic E-state index is 0.325. The molecule has 1 heterocycles. The van der Waals surface area contributed by atoms with Crippen molar-refractivity contribution in [1.82, 2.24) is 4.57 Å². The molecule has 0 aliphatic heterocycles. The Hall–Kier alpha value is -2.76. The van der Waals surface area contributed by atoms with E-state index in [9.17, 15) is 9.59 Å². The van der Waals surface area contributed by atoms with Gasteiger partial charge in [0.2, 0.25) is 5.78 Å². The van der Waals surface area contributed by atoms with Gasteiger partial charge in [-0.3, -0.25) is 4.79 Å². The Bertz CT molecular complexity index is 848. The Labute approximate surface area is 152 Å². The molecule has 1 aromatic carbocycles. The second-order valence-electron chi connectivity index (χ2n) is 6.45. The van der Waals surface area contributed by atoms with Gasteiger partial charge in [0.15, 0.2) is 6.61 Å². The molecule has 0 unspecified atom stereocenters. The first-order chi connectivity index (χ1) is 12.5. The van der Waals surface area contributed by atoms with E-state index >= 15 is 0 Å². The third-order valence-electron chi connectivity index (χ3n) is 4.66. The molecular weight excluding hydrogens is 334 g/mol. The monoisotopic (exact) mass is 357 g/mol. The SMILES string of the molecule is COc1ccc(C(=O)COC(=O)c2cc(C)n(C3CC3)c2C)c(OC)c1. The Balaban J connectivity index is 1.70. The summed E-state index contributed by atoms with van der Waals surface area (Å²) in [4.78, 5) is 24.9. The van der Waals surface area contributed by atoms with Gasteiger partial charge in [-0.2, -0.15) is 0 Å². The van der Waals surface area contributed by atoms with Crippen molar-refractivity contribution in [1.29, 1.82) is 0 Å². The molecule has 1 fully saturated rings. The van der Waals surface area contributed by atoms with Gasteiger partial charge < -0.3 is 18.8 Å². The molecule has 138 valence electrons. The molecule has 0 atom stereocenters. The van der Waals surface area contributed by atoms with Crippen LogP contribution in [0.3, 0.4) is 0 Å². The minimum atomic E-state index is -0.481. The number of Topliss-reactive ketones (excluding diaryl/α,β-unsaturated/α-hetero) is 1. The van der Waals surface area contributed by atoms with Crippen molar-refractivity contribution in [3.63, 3.8) is 0 Å². The van der Waals surface area contributed by atoms with Crippen LogP contribution in [-0.4, -0.2) is 37.1 Å². The maximum atomic E-state index is 12.4. The first kappa shape index (κ1) is 18.0. The Morgan fingerprint density at radius 2 is 1.81 bits per heavy atom. The maximum absolute atomic E-state index is 12.4. The molecule has 6 nitrogen and oxygen atoms in total. The zero-order valence-electron chi connectivity index (χ0n) is 15.5. The zero-order valence-corrected chi connectivity index (χ0v) is 15.5. The number of aryl methyl sites for hydroxylation is 1. The van der Waals surface area contributed by atoms with Crippen LogP contribution in [0.25, 0.3) is 0 Å². The highest BCUT2D eigenvalue weighted by Crippen LogP contribution is 2.38. The van der Waals surface area contributed by atoms with Crippen molar-refractivity contribution in [2.24, 2.45) is 0 Å². The third kappa shape index (κ3) is 3.45. The lowest BCUT2D eigenvalue weighted by atomic mass is 10.1. The smallest absolute Gasteiger partial charge is 0.340 e. The fraction of sp³-hybridized carbons (Fsp3) is 0.400. The van der Waals surface area contributed by atoms with Gasteiger partial charge in [0, 0.05) is 23.5 Å². The van der Waals surface area contributed by atoms with E-state index in [-0.39, 0.29) is 12.4 Å². The highest BCUT2D eigenvalue weighted by molar-refractivity contribution is 6.01. The quantitative estimate of drug-likeness (QED) is 0.560. The number of benzene rings is 1. The zero-order chi connectivity index (χ0) is 18.8. The van der Waals surface area contributed by atoms with Gasteiger partial charge in [-0.15, -0.1) is 0 Å². The highest BCUT2D eigenvalue weighted by Gasteiger charge is 2.29. The molecular formula is C20H23NO5. The average molecular weight is 357 g/mol. The molecule has 1 saturated carbocycles. The van der Waals surface area contributed by atoms with E-state index < -0.39 is 5.97 Å². The van der Waals surface area contributed by atoms with Gasteiger partial charge >= 0.3 is 5.97 Å². The van der Waals surface area contributed by atoms with Gasteiger partial charge in [0.1, 0.15) is 11.5 Å². The summed E-state index contributed by atoms with van der Waals surface area (Å²) in [7, 11) is 3.01. The molecule has 26 heavy (non-hydrogen) atoms. The molecule has 0 saturated heterocycles. The van der Waals surface area contributed by atoms with E-state index in [0.717, 1.165) is 24.2 Å². The summed E-state index contributed by atoms with van der Waals surface area (Å²) in [5.41, 5.74) is 2.80. The minimum Gasteiger partial charge on any atom is -0.497 e. The number of methoxy groups -OCH3 is 2. The second kappa shape index (κ2) is 7.23. The third-order valence-corrected chi connectivity index (χ3v) is 4.66. The van der Waals surface area contributed by atoms with Crippen LogP contribution in [0, 0.1) is 13.8 Å². The standard InChI is InChI=1S/C20H23NO5/c1-12-9-17(13(2)21(12)14-5-6-14)20(23)26-11-18(22)16-8-7-15(24-3)10-19(16)25-4/h7-10,14H,5-6,11H2,1-4H3. The molecule has 1 aliphatic carbocycles. The van der Waals surface area contributed by atoms with Crippen LogP contribution in [0.5, 0.6) is 11.5 Å². The van der Waals surface area contributed by atoms with Crippen molar-refractivity contribution in [2.45, 2.75) is 32.7 Å². The molecule has 1 aromatic heterocycles. The lowest BCUT2D eigenvalue weighted by molar-refractivity contribution is 0.0473. The molecule has 0 amide bonds. The first-order valence-electron chi connectivity index (χ1n) is 8.57. The molecule has 0 spiro atoms. The highest BCUT2D eigenvalue weighted by atomic mass is 16.5. The van der Waals surface area contributed by atoms with Crippen LogP contribution in [0.2, 0.25) is 0 Å². The van der Waals surface area contributed by atoms with E-state index in [2.05, 4.69) is 4.57 Å². The number of ketones is 1. The predicted octanol–water partition coefficient (Wildman–Crippen LogP) is 3.50. The molecule has 0 N–H and O–H groups in total. The number of carbonyl (C=O) groups excluding carboxylic acids is 2. The van der Waals surface area contributed by atoms with E-state index in [1.807, 2.05) is 19.9 Å². The van der Waals surface area contributed by atoms with E-state index in [0.29, 0.717) is 28.7 Å². The van der Waals surface area contributed by atoms with Crippen molar-refractivity contribution in [2.75, 3.05) is 20.8 Å². The van der Waals surface area contributed by atoms with Crippen molar-refractivity contribution < 1.29 is 23.8 Å². The number of rotatable bonds is 7. The fourth-order valence-corrected chi connectivity index (χ4v) is 3.19. The number of hydrogen-bond donors (Lipinski definition) is 0. The lowest BCUT2D eigenvalue weighted by Crippen LogP contribution is -2.15. The Morgan fingerprint density at radius 1 is 1.08 bits per heavy atom. The molecule has 0 bridgehead atoms. The molecule has 0 radical (unpaired) electrons. The van der Waals surface area contributed by atoms with Gasteiger partial charge in [0.05, 0.1) is 25.3 Å². The summed E-state index contributed by atoms with van der Waals surface area (Å²) in [5.74, 6) is 0.167. The Kier molecular flexibility index (Phi) is 5.02. The number of esters is 1. The normalized spacial score (nSPS) is 13.4. The van der Waals surface area contributed by atoms with Gasteiger partial charge in [-0.05, 0) is 44.9 Å². The summed E-state index contributed by atoms with van der Waals surface area (Å²) in [6.07, 6.45) is 2.28. The predicted molar refractivity (Wildman–Crippen MR) is 96.3 cm³/mol. The number of carbonyl (C=O) groups is 2. The van der Waals surface area contributed by atoms with E-state index in [4.69, 9.17) is 14.2 Å². The first-order valence-corrected chi connectivity index (χ1v) is 8.57. The molecule has 3 rings (SSSR count). The van der Waals surface area contributed by atoms with Crippen molar-refractivity contribution in [3.05, 3.63) is 46.8 Å². The van der Waals surface area contributed by atoms with Crippen molar-refractivity contribution in [3.8, 4) is 11.5 Å². The number of hydrogen-bond acceptors (Lipinski definition) is 5. The molecule has 2 aromatic rings. The summed E-state index contributed by atoms with van der Waals surface area (Å²) in [6, 6.07) is 7.21. The number of ether oxygens (including phenoxy) is 3. The second-order valence-corrected chi connectivity index (χ2v) is 6.45. The lowest BCUT2D eigenvalue weighted by Gasteiger charge is -2.10. The number of aromatic nitrogens is 1. The largest absolute Gasteiger partial charge is 0.497 e. The van der Waals surface area contributed by atoms with E-state index in [1.54, 1.807) is 18.2 Å². The van der Waals surface area contributed by atoms with Crippen LogP contribution in [0.1, 0.15) is 51.0 Å². The summed E-state index contributed by atoms with van der Waals surface area (Å²) < 4.78 is 17.8.